The van der Waals surface area contributed by atoms with Crippen LogP contribution in [0.3, 0.4) is 0 Å². The fourth-order valence-corrected chi connectivity index (χ4v) is 0.913. The zero-order chi connectivity index (χ0) is 9.30. The van der Waals surface area contributed by atoms with E-state index in [9.17, 15) is 8.78 Å². The first-order chi connectivity index (χ1) is 5.57. The molecular formula is C8H8F2O2. The molecule has 0 heterocycles. The van der Waals surface area contributed by atoms with Crippen LogP contribution in [0.1, 0.15) is 5.56 Å². The second-order valence-corrected chi connectivity index (χ2v) is 2.37. The molecule has 0 bridgehead atoms. The SMILES string of the molecule is COc1c(O)cc(C)c(F)c1F. The number of aromatic hydroxyl groups is 1. The predicted molar refractivity (Wildman–Crippen MR) is 39.3 cm³/mol. The highest BCUT2D eigenvalue weighted by atomic mass is 19.2. The average molecular weight is 174 g/mol. The van der Waals surface area contributed by atoms with Crippen molar-refractivity contribution in [2.45, 2.75) is 6.92 Å². The summed E-state index contributed by atoms with van der Waals surface area (Å²) in [5, 5.41) is 9.06. The zero-order valence-electron chi connectivity index (χ0n) is 6.69. The summed E-state index contributed by atoms with van der Waals surface area (Å²) in [6, 6.07) is 1.11. The van der Waals surface area contributed by atoms with Crippen LogP contribution in [-0.2, 0) is 0 Å². The van der Waals surface area contributed by atoms with Crippen LogP contribution in [0.25, 0.3) is 0 Å². The van der Waals surface area contributed by atoms with Crippen molar-refractivity contribution < 1.29 is 18.6 Å². The van der Waals surface area contributed by atoms with E-state index in [0.717, 1.165) is 13.2 Å². The van der Waals surface area contributed by atoms with E-state index >= 15 is 0 Å². The van der Waals surface area contributed by atoms with Gasteiger partial charge in [-0.05, 0) is 18.6 Å². The monoisotopic (exact) mass is 174 g/mol. The molecule has 12 heavy (non-hydrogen) atoms. The highest BCUT2D eigenvalue weighted by Crippen LogP contribution is 2.32. The standard InChI is InChI=1S/C8H8F2O2/c1-4-3-5(11)8(12-2)7(10)6(4)9/h3,11H,1-2H3. The highest BCUT2D eigenvalue weighted by Gasteiger charge is 2.16. The molecule has 1 aromatic rings. The molecule has 0 spiro atoms. The van der Waals surface area contributed by atoms with Gasteiger partial charge >= 0.3 is 0 Å². The van der Waals surface area contributed by atoms with Gasteiger partial charge in [0, 0.05) is 0 Å². The van der Waals surface area contributed by atoms with Gasteiger partial charge in [-0.1, -0.05) is 0 Å². The number of hydrogen-bond acceptors (Lipinski definition) is 2. The largest absolute Gasteiger partial charge is 0.504 e. The number of hydrogen-bond donors (Lipinski definition) is 1. The lowest BCUT2D eigenvalue weighted by molar-refractivity contribution is 0.339. The summed E-state index contributed by atoms with van der Waals surface area (Å²) in [4.78, 5) is 0. The van der Waals surface area contributed by atoms with Crippen molar-refractivity contribution >= 4 is 0 Å². The molecule has 0 aromatic heterocycles. The Morgan fingerprint density at radius 3 is 2.42 bits per heavy atom. The molecule has 0 atom stereocenters. The van der Waals surface area contributed by atoms with Crippen LogP contribution in [0.15, 0.2) is 6.07 Å². The number of phenols is 1. The Kier molecular flexibility index (Phi) is 2.17. The Morgan fingerprint density at radius 2 is 1.92 bits per heavy atom. The van der Waals surface area contributed by atoms with Gasteiger partial charge in [0.05, 0.1) is 7.11 Å². The first-order valence-corrected chi connectivity index (χ1v) is 3.29. The molecule has 0 fully saturated rings. The van der Waals surface area contributed by atoms with Gasteiger partial charge in [0.25, 0.3) is 0 Å². The number of methoxy groups -OCH3 is 1. The van der Waals surface area contributed by atoms with Crippen LogP contribution in [0.2, 0.25) is 0 Å². The van der Waals surface area contributed by atoms with Crippen LogP contribution in [0.4, 0.5) is 8.78 Å². The molecule has 1 rings (SSSR count). The van der Waals surface area contributed by atoms with Crippen LogP contribution in [0.5, 0.6) is 11.5 Å². The van der Waals surface area contributed by atoms with Gasteiger partial charge in [-0.15, -0.1) is 0 Å². The first kappa shape index (κ1) is 8.77. The van der Waals surface area contributed by atoms with Crippen molar-refractivity contribution in [3.63, 3.8) is 0 Å². The Hall–Kier alpha value is -1.32. The highest BCUT2D eigenvalue weighted by molar-refractivity contribution is 5.43. The lowest BCUT2D eigenvalue weighted by Crippen LogP contribution is -1.95. The van der Waals surface area contributed by atoms with E-state index in [1.807, 2.05) is 0 Å². The maximum Gasteiger partial charge on any atom is 0.204 e. The average Bonchev–Trinajstić information content (AvgIpc) is 2.01. The molecule has 0 aliphatic heterocycles. The van der Waals surface area contributed by atoms with E-state index in [1.54, 1.807) is 0 Å². The third-order valence-electron chi connectivity index (χ3n) is 1.53. The van der Waals surface area contributed by atoms with Crippen molar-refractivity contribution in [3.8, 4) is 11.5 Å². The van der Waals surface area contributed by atoms with Crippen LogP contribution >= 0.6 is 0 Å². The number of aryl methyl sites for hydroxylation is 1. The summed E-state index contributed by atoms with van der Waals surface area (Å²) in [7, 11) is 1.16. The molecule has 1 aromatic carbocycles. The number of phenolic OH excluding ortho intramolecular Hbond substituents is 1. The van der Waals surface area contributed by atoms with E-state index in [-0.39, 0.29) is 5.56 Å². The number of benzene rings is 1. The van der Waals surface area contributed by atoms with Gasteiger partial charge in [-0.25, -0.2) is 4.39 Å². The Balaban J connectivity index is 3.40. The smallest absolute Gasteiger partial charge is 0.204 e. The van der Waals surface area contributed by atoms with Gasteiger partial charge in [0.15, 0.2) is 17.3 Å². The van der Waals surface area contributed by atoms with Gasteiger partial charge in [-0.2, -0.15) is 4.39 Å². The lowest BCUT2D eigenvalue weighted by Gasteiger charge is -2.06. The van der Waals surface area contributed by atoms with Crippen molar-refractivity contribution in [1.82, 2.24) is 0 Å². The molecule has 0 saturated heterocycles. The second kappa shape index (κ2) is 2.97. The maximum absolute atomic E-state index is 12.9. The number of halogens is 2. The van der Waals surface area contributed by atoms with Gasteiger partial charge in [-0.3, -0.25) is 0 Å². The van der Waals surface area contributed by atoms with E-state index in [4.69, 9.17) is 5.11 Å². The normalized spacial score (nSPS) is 10.0. The van der Waals surface area contributed by atoms with Crippen LogP contribution in [-0.4, -0.2) is 12.2 Å². The fourth-order valence-electron chi connectivity index (χ4n) is 0.913. The van der Waals surface area contributed by atoms with Gasteiger partial charge < -0.3 is 9.84 Å². The maximum atomic E-state index is 12.9. The Morgan fingerprint density at radius 1 is 1.33 bits per heavy atom. The van der Waals surface area contributed by atoms with Gasteiger partial charge in [0.2, 0.25) is 5.82 Å². The second-order valence-electron chi connectivity index (χ2n) is 2.37. The predicted octanol–water partition coefficient (Wildman–Crippen LogP) is 1.99. The van der Waals surface area contributed by atoms with Crippen molar-refractivity contribution in [2.75, 3.05) is 7.11 Å². The summed E-state index contributed by atoms with van der Waals surface area (Å²) in [5.74, 6) is -3.01. The van der Waals surface area contributed by atoms with E-state index in [1.165, 1.54) is 6.92 Å². The fraction of sp³-hybridized carbons (Fsp3) is 0.250. The summed E-state index contributed by atoms with van der Waals surface area (Å²) in [6.45, 7) is 1.36. The van der Waals surface area contributed by atoms with Crippen molar-refractivity contribution in [2.24, 2.45) is 0 Å². The Bertz CT molecular complexity index is 310. The van der Waals surface area contributed by atoms with E-state index in [2.05, 4.69) is 4.74 Å². The van der Waals surface area contributed by atoms with E-state index in [0.29, 0.717) is 0 Å². The molecular weight excluding hydrogens is 166 g/mol. The number of rotatable bonds is 1. The van der Waals surface area contributed by atoms with Gasteiger partial charge in [0.1, 0.15) is 0 Å². The number of ether oxygens (including phenoxy) is 1. The minimum atomic E-state index is -1.16. The molecule has 0 unspecified atom stereocenters. The minimum Gasteiger partial charge on any atom is -0.504 e. The molecule has 1 N–H and O–H groups in total. The van der Waals surface area contributed by atoms with Crippen molar-refractivity contribution in [1.29, 1.82) is 0 Å². The molecule has 66 valence electrons. The summed E-state index contributed by atoms with van der Waals surface area (Å²) >= 11 is 0. The molecule has 0 aliphatic rings. The van der Waals surface area contributed by atoms with Crippen LogP contribution < -0.4 is 4.74 Å². The Labute approximate surface area is 68.4 Å². The molecule has 0 radical (unpaired) electrons. The van der Waals surface area contributed by atoms with Crippen LogP contribution in [0, 0.1) is 18.6 Å². The quantitative estimate of drug-likeness (QED) is 0.705. The summed E-state index contributed by atoms with van der Waals surface area (Å²) in [5.41, 5.74) is 0.0470. The minimum absolute atomic E-state index is 0.0470. The van der Waals surface area contributed by atoms with E-state index < -0.39 is 23.1 Å². The lowest BCUT2D eigenvalue weighted by atomic mass is 10.2. The molecule has 0 aliphatic carbocycles. The van der Waals surface area contributed by atoms with Crippen molar-refractivity contribution in [3.05, 3.63) is 23.3 Å². The summed E-state index contributed by atoms with van der Waals surface area (Å²) < 4.78 is 30.1. The molecule has 2 nitrogen and oxygen atoms in total. The molecule has 0 saturated carbocycles. The third-order valence-corrected chi connectivity index (χ3v) is 1.53. The third kappa shape index (κ3) is 1.20. The zero-order valence-corrected chi connectivity index (χ0v) is 6.69. The molecule has 0 amide bonds. The summed E-state index contributed by atoms with van der Waals surface area (Å²) in [6.07, 6.45) is 0. The first-order valence-electron chi connectivity index (χ1n) is 3.29. The molecule has 4 heteroatoms. The topological polar surface area (TPSA) is 29.5 Å².